The fourth-order valence-electron chi connectivity index (χ4n) is 3.86. The van der Waals surface area contributed by atoms with E-state index in [1.165, 1.54) is 17.0 Å². The van der Waals surface area contributed by atoms with E-state index in [1.54, 1.807) is 12.1 Å². The predicted octanol–water partition coefficient (Wildman–Crippen LogP) is 2.55. The summed E-state index contributed by atoms with van der Waals surface area (Å²) in [6.07, 6.45) is 0.953. The number of rotatable bonds is 10. The molecule has 0 saturated carbocycles. The lowest BCUT2D eigenvalue weighted by Crippen LogP contribution is -2.49. The first kappa shape index (κ1) is 24.4. The molecule has 0 aliphatic carbocycles. The van der Waals surface area contributed by atoms with Crippen molar-refractivity contribution in [2.75, 3.05) is 13.1 Å². The van der Waals surface area contributed by atoms with Crippen molar-refractivity contribution >= 4 is 27.7 Å². The van der Waals surface area contributed by atoms with E-state index in [1.807, 2.05) is 44.2 Å². The van der Waals surface area contributed by atoms with Crippen LogP contribution in [0.4, 0.5) is 0 Å². The quantitative estimate of drug-likeness (QED) is 0.574. The van der Waals surface area contributed by atoms with Gasteiger partial charge in [0.15, 0.2) is 0 Å². The summed E-state index contributed by atoms with van der Waals surface area (Å²) in [5.74, 6) is -1.28. The van der Waals surface area contributed by atoms with Gasteiger partial charge in [-0.2, -0.15) is 0 Å². The molecule has 0 spiro atoms. The van der Waals surface area contributed by atoms with Gasteiger partial charge in [0.25, 0.3) is 15.9 Å². The van der Waals surface area contributed by atoms with Gasteiger partial charge in [-0.3, -0.25) is 14.4 Å². The lowest BCUT2D eigenvalue weighted by molar-refractivity contribution is -0.141. The number of benzene rings is 2. The summed E-state index contributed by atoms with van der Waals surface area (Å²) < 4.78 is 26.3. The summed E-state index contributed by atoms with van der Waals surface area (Å²) >= 11 is 0. The average Bonchev–Trinajstić information content (AvgIpc) is 3.01. The minimum absolute atomic E-state index is 0.0473. The minimum Gasteiger partial charge on any atom is -0.354 e. The van der Waals surface area contributed by atoms with Gasteiger partial charge in [-0.15, -0.1) is 0 Å². The number of carbonyl (C=O) groups is 3. The minimum atomic E-state index is -4.00. The summed E-state index contributed by atoms with van der Waals surface area (Å²) in [5, 5.41) is 2.84. The van der Waals surface area contributed by atoms with E-state index in [-0.39, 0.29) is 35.9 Å². The second-order valence-corrected chi connectivity index (χ2v) is 9.68. The molecule has 0 saturated heterocycles. The molecule has 0 fully saturated rings. The van der Waals surface area contributed by atoms with Crippen molar-refractivity contribution in [3.8, 4) is 0 Å². The monoisotopic (exact) mass is 471 g/mol. The molecule has 9 heteroatoms. The van der Waals surface area contributed by atoms with Gasteiger partial charge in [0, 0.05) is 26.1 Å². The fourth-order valence-corrected chi connectivity index (χ4v) is 5.43. The third kappa shape index (κ3) is 5.24. The molecule has 3 rings (SSSR count). The van der Waals surface area contributed by atoms with Gasteiger partial charge in [0.2, 0.25) is 11.8 Å². The molecule has 2 aromatic rings. The highest BCUT2D eigenvalue weighted by atomic mass is 32.2. The van der Waals surface area contributed by atoms with E-state index in [0.29, 0.717) is 13.0 Å². The first-order valence-electron chi connectivity index (χ1n) is 11.1. The summed E-state index contributed by atoms with van der Waals surface area (Å²) in [5.41, 5.74) is 0.960. The van der Waals surface area contributed by atoms with Crippen LogP contribution in [0.5, 0.6) is 0 Å². The van der Waals surface area contributed by atoms with Gasteiger partial charge in [0.1, 0.15) is 10.9 Å². The molecule has 0 aromatic heterocycles. The number of fused-ring (bicyclic) bond motifs is 1. The maximum Gasteiger partial charge on any atom is 0.269 e. The molecule has 8 nitrogen and oxygen atoms in total. The smallest absolute Gasteiger partial charge is 0.269 e. The molecule has 1 aliphatic heterocycles. The van der Waals surface area contributed by atoms with Crippen LogP contribution in [0.1, 0.15) is 49.0 Å². The van der Waals surface area contributed by atoms with Crippen molar-refractivity contribution < 1.29 is 22.8 Å². The Morgan fingerprint density at radius 2 is 1.70 bits per heavy atom. The number of nitrogens with one attached hydrogen (secondary N) is 1. The zero-order valence-electron chi connectivity index (χ0n) is 18.9. The topological polar surface area (TPSA) is 104 Å². The van der Waals surface area contributed by atoms with E-state index in [9.17, 15) is 22.8 Å². The average molecular weight is 472 g/mol. The van der Waals surface area contributed by atoms with Gasteiger partial charge in [-0.25, -0.2) is 12.7 Å². The van der Waals surface area contributed by atoms with E-state index in [2.05, 4.69) is 5.32 Å². The largest absolute Gasteiger partial charge is 0.354 e. The molecule has 3 amide bonds. The molecular formula is C24H29N3O5S. The van der Waals surface area contributed by atoms with Gasteiger partial charge in [0.05, 0.1) is 5.56 Å². The van der Waals surface area contributed by atoms with Crippen LogP contribution < -0.4 is 5.32 Å². The molecule has 1 N–H and O–H groups in total. The third-order valence-corrected chi connectivity index (χ3v) is 7.41. The van der Waals surface area contributed by atoms with Gasteiger partial charge < -0.3 is 10.2 Å². The first-order valence-corrected chi connectivity index (χ1v) is 12.5. The lowest BCUT2D eigenvalue weighted by Gasteiger charge is -2.31. The molecule has 1 atom stereocenters. The summed E-state index contributed by atoms with van der Waals surface area (Å²) in [6.45, 7) is 4.19. The van der Waals surface area contributed by atoms with E-state index < -0.39 is 27.9 Å². The van der Waals surface area contributed by atoms with Crippen molar-refractivity contribution in [3.63, 3.8) is 0 Å². The zero-order valence-corrected chi connectivity index (χ0v) is 19.7. The van der Waals surface area contributed by atoms with Crippen LogP contribution in [-0.4, -0.2) is 54.5 Å². The maximum atomic E-state index is 13.3. The molecule has 33 heavy (non-hydrogen) atoms. The Hall–Kier alpha value is -3.20. The van der Waals surface area contributed by atoms with Crippen LogP contribution in [0.2, 0.25) is 0 Å². The Morgan fingerprint density at radius 3 is 2.33 bits per heavy atom. The second kappa shape index (κ2) is 10.6. The summed E-state index contributed by atoms with van der Waals surface area (Å²) in [4.78, 5) is 40.1. The van der Waals surface area contributed by atoms with Crippen molar-refractivity contribution in [2.45, 2.75) is 50.6 Å². The molecule has 0 bridgehead atoms. The van der Waals surface area contributed by atoms with Gasteiger partial charge in [-0.1, -0.05) is 56.3 Å². The first-order chi connectivity index (χ1) is 15.8. The van der Waals surface area contributed by atoms with Crippen molar-refractivity contribution in [1.29, 1.82) is 0 Å². The lowest BCUT2D eigenvalue weighted by atomic mass is 10.1. The Morgan fingerprint density at radius 1 is 1.03 bits per heavy atom. The van der Waals surface area contributed by atoms with Gasteiger partial charge >= 0.3 is 0 Å². The number of nitrogens with zero attached hydrogens (tertiary/aromatic N) is 2. The number of sulfonamides is 1. The number of hydrogen-bond acceptors (Lipinski definition) is 5. The van der Waals surface area contributed by atoms with E-state index in [4.69, 9.17) is 0 Å². The molecule has 0 unspecified atom stereocenters. The molecular weight excluding hydrogens is 442 g/mol. The SMILES string of the molecule is CCCNC(=O)[C@H](CC)N(Cc1ccccc1)C(=O)CCN1C(=O)c2ccccc2S1(=O)=O. The highest BCUT2D eigenvalue weighted by molar-refractivity contribution is 7.90. The molecule has 0 radical (unpaired) electrons. The molecule has 2 aromatic carbocycles. The van der Waals surface area contributed by atoms with Crippen LogP contribution in [0.3, 0.4) is 0 Å². The third-order valence-electron chi connectivity index (χ3n) is 5.57. The van der Waals surface area contributed by atoms with Crippen molar-refractivity contribution in [1.82, 2.24) is 14.5 Å². The summed E-state index contributed by atoms with van der Waals surface area (Å²) in [6, 6.07) is 14.6. The van der Waals surface area contributed by atoms with E-state index >= 15 is 0 Å². The molecule has 1 aliphatic rings. The predicted molar refractivity (Wildman–Crippen MR) is 124 cm³/mol. The number of hydrogen-bond donors (Lipinski definition) is 1. The van der Waals surface area contributed by atoms with Crippen LogP contribution in [-0.2, 0) is 26.2 Å². The Balaban J connectivity index is 1.80. The molecule has 176 valence electrons. The standard InChI is InChI=1S/C24H29N3O5S/c1-3-15-25-23(29)20(4-2)26(17-18-10-6-5-7-11-18)22(28)14-16-27-24(30)19-12-8-9-13-21(19)33(27,31)32/h5-13,20H,3-4,14-17H2,1-2H3,(H,25,29)/t20-/m0/s1. The number of carbonyl (C=O) groups excluding carboxylic acids is 3. The molecule has 1 heterocycles. The zero-order chi connectivity index (χ0) is 24.0. The van der Waals surface area contributed by atoms with Crippen LogP contribution in [0.25, 0.3) is 0 Å². The highest BCUT2D eigenvalue weighted by Gasteiger charge is 2.41. The van der Waals surface area contributed by atoms with Crippen LogP contribution in [0, 0.1) is 0 Å². The van der Waals surface area contributed by atoms with Crippen LogP contribution >= 0.6 is 0 Å². The fraction of sp³-hybridized carbons (Fsp3) is 0.375. The van der Waals surface area contributed by atoms with Crippen LogP contribution in [0.15, 0.2) is 59.5 Å². The number of amides is 3. The summed E-state index contributed by atoms with van der Waals surface area (Å²) in [7, 11) is -4.00. The highest BCUT2D eigenvalue weighted by Crippen LogP contribution is 2.30. The van der Waals surface area contributed by atoms with Gasteiger partial charge in [-0.05, 0) is 30.5 Å². The normalized spacial score (nSPS) is 15.1. The maximum absolute atomic E-state index is 13.3. The van der Waals surface area contributed by atoms with Crippen molar-refractivity contribution in [3.05, 3.63) is 65.7 Å². The van der Waals surface area contributed by atoms with Crippen molar-refractivity contribution in [2.24, 2.45) is 0 Å². The Labute approximate surface area is 194 Å². The Bertz CT molecular complexity index is 1120. The Kier molecular flexibility index (Phi) is 7.86. The van der Waals surface area contributed by atoms with E-state index in [0.717, 1.165) is 16.3 Å². The second-order valence-electron chi connectivity index (χ2n) is 7.85.